The zero-order chi connectivity index (χ0) is 13.0. The molecule has 2 aromatic rings. The van der Waals surface area contributed by atoms with Gasteiger partial charge in [-0.3, -0.25) is 4.79 Å². The first-order valence-corrected chi connectivity index (χ1v) is 5.65. The summed E-state index contributed by atoms with van der Waals surface area (Å²) in [6, 6.07) is 8.44. The number of nitrogens with zero attached hydrogens (tertiary/aromatic N) is 4. The van der Waals surface area contributed by atoms with Crippen LogP contribution in [-0.4, -0.2) is 15.9 Å². The van der Waals surface area contributed by atoms with Gasteiger partial charge in [-0.2, -0.15) is 10.5 Å². The number of pyridine rings is 1. The summed E-state index contributed by atoms with van der Waals surface area (Å²) >= 11 is 1.07. The third-order valence-corrected chi connectivity index (χ3v) is 2.76. The summed E-state index contributed by atoms with van der Waals surface area (Å²) in [7, 11) is 0. The van der Waals surface area contributed by atoms with E-state index in [-0.39, 0.29) is 22.2 Å². The number of hydrogen-bond acceptors (Lipinski definition) is 6. The van der Waals surface area contributed by atoms with Crippen molar-refractivity contribution in [1.29, 1.82) is 10.5 Å². The lowest BCUT2D eigenvalue weighted by molar-refractivity contribution is 0.102. The first-order valence-electron chi connectivity index (χ1n) is 4.77. The van der Waals surface area contributed by atoms with Crippen LogP contribution in [0.2, 0.25) is 0 Å². The maximum atomic E-state index is 11.7. The predicted octanol–water partition coefficient (Wildman–Crippen LogP) is 1.53. The average Bonchev–Trinajstić information content (AvgIpc) is 2.88. The molecule has 2 rings (SSSR count). The van der Waals surface area contributed by atoms with Crippen molar-refractivity contribution in [3.8, 4) is 12.1 Å². The van der Waals surface area contributed by atoms with Crippen molar-refractivity contribution in [1.82, 2.24) is 9.97 Å². The van der Waals surface area contributed by atoms with Crippen LogP contribution in [0.4, 0.5) is 5.82 Å². The molecular formula is C11H5N5OS. The summed E-state index contributed by atoms with van der Waals surface area (Å²) < 4.78 is 0. The van der Waals surface area contributed by atoms with E-state index in [1.165, 1.54) is 11.4 Å². The van der Waals surface area contributed by atoms with Crippen molar-refractivity contribution in [2.24, 2.45) is 0 Å². The van der Waals surface area contributed by atoms with Crippen molar-refractivity contribution >= 4 is 23.1 Å². The molecular weight excluding hydrogens is 250 g/mol. The summed E-state index contributed by atoms with van der Waals surface area (Å²) in [5.41, 5.74) is 0.411. The number of carbonyl (C=O) groups is 1. The van der Waals surface area contributed by atoms with Crippen molar-refractivity contribution in [3.63, 3.8) is 0 Å². The third-order valence-electron chi connectivity index (χ3n) is 1.92. The first kappa shape index (κ1) is 11.7. The van der Waals surface area contributed by atoms with Gasteiger partial charge in [-0.15, -0.1) is 11.3 Å². The van der Waals surface area contributed by atoms with Crippen molar-refractivity contribution < 1.29 is 4.79 Å². The monoisotopic (exact) mass is 255 g/mol. The first-order chi connectivity index (χ1) is 8.72. The van der Waals surface area contributed by atoms with Gasteiger partial charge in [-0.1, -0.05) is 6.07 Å². The molecule has 0 unspecified atom stereocenters. The largest absolute Gasteiger partial charge is 0.304 e. The molecule has 0 aliphatic rings. The molecule has 2 aromatic heterocycles. The van der Waals surface area contributed by atoms with Crippen LogP contribution >= 0.6 is 11.3 Å². The van der Waals surface area contributed by atoms with Gasteiger partial charge in [0.15, 0.2) is 10.7 Å². The van der Waals surface area contributed by atoms with Gasteiger partial charge in [0, 0.05) is 5.38 Å². The van der Waals surface area contributed by atoms with E-state index in [1.807, 2.05) is 12.1 Å². The van der Waals surface area contributed by atoms with E-state index in [4.69, 9.17) is 10.5 Å². The van der Waals surface area contributed by atoms with Crippen LogP contribution in [0.25, 0.3) is 0 Å². The van der Waals surface area contributed by atoms with Gasteiger partial charge in [0.1, 0.15) is 23.7 Å². The number of rotatable bonds is 2. The number of anilines is 1. The number of carbonyl (C=O) groups excluding carboxylic acids is 1. The van der Waals surface area contributed by atoms with Crippen LogP contribution in [0, 0.1) is 22.7 Å². The molecule has 0 aliphatic carbocycles. The highest BCUT2D eigenvalue weighted by Gasteiger charge is 2.11. The molecule has 0 aliphatic heterocycles. The summed E-state index contributed by atoms with van der Waals surface area (Å²) in [6.45, 7) is 0. The highest BCUT2D eigenvalue weighted by molar-refractivity contribution is 7.11. The Kier molecular flexibility index (Phi) is 3.28. The van der Waals surface area contributed by atoms with E-state index in [0.29, 0.717) is 0 Å². The summed E-state index contributed by atoms with van der Waals surface area (Å²) in [5, 5.41) is 21.5. The smallest absolute Gasteiger partial charge is 0.285 e. The Hall–Kier alpha value is -2.77. The number of nitrogens with one attached hydrogen (secondary N) is 1. The van der Waals surface area contributed by atoms with Crippen molar-refractivity contribution in [2.75, 3.05) is 5.32 Å². The molecule has 0 bridgehead atoms. The molecule has 86 valence electrons. The molecule has 0 fully saturated rings. The number of nitriles is 2. The highest BCUT2D eigenvalue weighted by atomic mass is 32.1. The quantitative estimate of drug-likeness (QED) is 0.876. The molecule has 0 radical (unpaired) electrons. The highest BCUT2D eigenvalue weighted by Crippen LogP contribution is 2.11. The molecule has 0 spiro atoms. The molecule has 0 atom stereocenters. The van der Waals surface area contributed by atoms with E-state index >= 15 is 0 Å². The van der Waals surface area contributed by atoms with E-state index in [1.54, 1.807) is 12.1 Å². The predicted molar refractivity (Wildman–Crippen MR) is 63.7 cm³/mol. The maximum absolute atomic E-state index is 11.7. The lowest BCUT2D eigenvalue weighted by atomic mass is 10.3. The van der Waals surface area contributed by atoms with Crippen LogP contribution in [0.3, 0.4) is 0 Å². The lowest BCUT2D eigenvalue weighted by Gasteiger charge is -2.01. The van der Waals surface area contributed by atoms with Gasteiger partial charge in [0.05, 0.1) is 0 Å². The van der Waals surface area contributed by atoms with Gasteiger partial charge in [-0.05, 0) is 12.1 Å². The average molecular weight is 255 g/mol. The molecule has 0 saturated carbocycles. The Morgan fingerprint density at radius 3 is 2.67 bits per heavy atom. The zero-order valence-corrected chi connectivity index (χ0v) is 9.73. The van der Waals surface area contributed by atoms with Crippen molar-refractivity contribution in [3.05, 3.63) is 40.0 Å². The van der Waals surface area contributed by atoms with Crippen LogP contribution < -0.4 is 5.32 Å². The fourth-order valence-corrected chi connectivity index (χ4v) is 1.80. The van der Waals surface area contributed by atoms with E-state index < -0.39 is 5.91 Å². The van der Waals surface area contributed by atoms with Crippen LogP contribution in [0.15, 0.2) is 23.6 Å². The standard InChI is InChI=1S/C11H5N5OS/c12-4-7-2-1-3-9(14-7)16-10(17)11-15-8(5-13)6-18-11/h1-3,6H,(H,14,16,17). The SMILES string of the molecule is N#Cc1cccc(NC(=O)c2nc(C#N)cs2)n1. The molecule has 7 heteroatoms. The second kappa shape index (κ2) is 5.04. The normalized spacial score (nSPS) is 9.22. The molecule has 1 amide bonds. The fourth-order valence-electron chi connectivity index (χ4n) is 1.17. The van der Waals surface area contributed by atoms with Gasteiger partial charge in [0.2, 0.25) is 0 Å². The minimum Gasteiger partial charge on any atom is -0.304 e. The Morgan fingerprint density at radius 2 is 2.00 bits per heavy atom. The number of aromatic nitrogens is 2. The summed E-state index contributed by atoms with van der Waals surface area (Å²) in [4.78, 5) is 19.5. The second-order valence-electron chi connectivity index (χ2n) is 3.12. The second-order valence-corrected chi connectivity index (χ2v) is 3.98. The molecule has 6 nitrogen and oxygen atoms in total. The maximum Gasteiger partial charge on any atom is 0.285 e. The van der Waals surface area contributed by atoms with Crippen molar-refractivity contribution in [2.45, 2.75) is 0 Å². The Morgan fingerprint density at radius 1 is 1.22 bits per heavy atom. The third kappa shape index (κ3) is 2.48. The number of amides is 1. The zero-order valence-electron chi connectivity index (χ0n) is 8.91. The van der Waals surface area contributed by atoms with E-state index in [9.17, 15) is 4.79 Å². The summed E-state index contributed by atoms with van der Waals surface area (Å²) in [6.07, 6.45) is 0. The minimum absolute atomic E-state index is 0.177. The number of thiazole rings is 1. The Labute approximate surface area is 106 Å². The fraction of sp³-hybridized carbons (Fsp3) is 0. The molecule has 18 heavy (non-hydrogen) atoms. The molecule has 0 aromatic carbocycles. The minimum atomic E-state index is -0.455. The van der Waals surface area contributed by atoms with Gasteiger partial charge in [0.25, 0.3) is 5.91 Å². The van der Waals surface area contributed by atoms with Crippen LogP contribution in [0.1, 0.15) is 21.2 Å². The van der Waals surface area contributed by atoms with Crippen LogP contribution in [-0.2, 0) is 0 Å². The number of hydrogen-bond donors (Lipinski definition) is 1. The molecule has 0 saturated heterocycles. The van der Waals surface area contributed by atoms with Crippen LogP contribution in [0.5, 0.6) is 0 Å². The van der Waals surface area contributed by atoms with Gasteiger partial charge >= 0.3 is 0 Å². The Balaban J connectivity index is 2.16. The van der Waals surface area contributed by atoms with E-state index in [0.717, 1.165) is 11.3 Å². The van der Waals surface area contributed by atoms with Gasteiger partial charge in [-0.25, -0.2) is 9.97 Å². The lowest BCUT2D eigenvalue weighted by Crippen LogP contribution is -2.12. The van der Waals surface area contributed by atoms with E-state index in [2.05, 4.69) is 15.3 Å². The molecule has 1 N–H and O–H groups in total. The van der Waals surface area contributed by atoms with Gasteiger partial charge < -0.3 is 5.32 Å². The topological polar surface area (TPSA) is 102 Å². The summed E-state index contributed by atoms with van der Waals surface area (Å²) in [5.74, 6) is -0.183. The molecule has 2 heterocycles. The Bertz CT molecular complexity index is 679.